The molecule has 0 fully saturated rings. The van der Waals surface area contributed by atoms with Crippen LogP contribution in [0.4, 0.5) is 4.79 Å². The van der Waals surface area contributed by atoms with Crippen molar-refractivity contribution in [2.45, 2.75) is 59.2 Å². The van der Waals surface area contributed by atoms with E-state index in [0.717, 1.165) is 18.1 Å². The first-order valence-corrected chi connectivity index (χ1v) is 9.05. The fourth-order valence-corrected chi connectivity index (χ4v) is 2.31. The molecule has 1 amide bonds. The zero-order chi connectivity index (χ0) is 19.7. The highest BCUT2D eigenvalue weighted by molar-refractivity contribution is 14.0. The standard InChI is InChI=1S/C18H34N6O2.HI/c1-14(2)24(17(25)26-18(3,4)5)12-8-10-20-16(19-6)21-13-15-9-11-22-23(15)7;/h9,11,14H,8,10,12-13H2,1-7H3,(H2,19,20,21);1H. The molecule has 2 N–H and O–H groups in total. The number of rotatable bonds is 7. The number of ether oxygens (including phenoxy) is 1. The number of aliphatic imine (C=N–C) groups is 1. The van der Waals surface area contributed by atoms with Crippen molar-refractivity contribution in [1.82, 2.24) is 25.3 Å². The van der Waals surface area contributed by atoms with Gasteiger partial charge in [0.25, 0.3) is 0 Å². The second-order valence-corrected chi connectivity index (χ2v) is 7.42. The van der Waals surface area contributed by atoms with Crippen molar-refractivity contribution in [2.75, 3.05) is 20.1 Å². The molecule has 0 radical (unpaired) electrons. The summed E-state index contributed by atoms with van der Waals surface area (Å²) in [7, 11) is 3.64. The molecule has 0 bridgehead atoms. The highest BCUT2D eigenvalue weighted by Gasteiger charge is 2.23. The Kier molecular flexibility index (Phi) is 11.4. The number of carbonyl (C=O) groups is 1. The van der Waals surface area contributed by atoms with Gasteiger partial charge in [-0.1, -0.05) is 0 Å². The van der Waals surface area contributed by atoms with E-state index in [9.17, 15) is 4.79 Å². The lowest BCUT2D eigenvalue weighted by Crippen LogP contribution is -2.43. The predicted molar refractivity (Wildman–Crippen MR) is 120 cm³/mol. The molecule has 0 atom stereocenters. The maximum Gasteiger partial charge on any atom is 0.410 e. The summed E-state index contributed by atoms with van der Waals surface area (Å²) in [5, 5.41) is 10.7. The molecular weight excluding hydrogens is 459 g/mol. The maximum absolute atomic E-state index is 12.3. The first kappa shape index (κ1) is 25.5. The summed E-state index contributed by atoms with van der Waals surface area (Å²) in [6, 6.07) is 2.05. The van der Waals surface area contributed by atoms with Crippen LogP contribution >= 0.6 is 24.0 Å². The molecule has 1 heterocycles. The van der Waals surface area contributed by atoms with E-state index in [1.807, 2.05) is 52.4 Å². The van der Waals surface area contributed by atoms with E-state index in [1.54, 1.807) is 18.1 Å². The van der Waals surface area contributed by atoms with Gasteiger partial charge < -0.3 is 20.3 Å². The van der Waals surface area contributed by atoms with Crippen LogP contribution in [0.25, 0.3) is 0 Å². The molecule has 0 aliphatic rings. The third-order valence-electron chi connectivity index (χ3n) is 3.70. The normalized spacial score (nSPS) is 11.8. The van der Waals surface area contributed by atoms with Crippen LogP contribution in [0, 0.1) is 0 Å². The van der Waals surface area contributed by atoms with Crippen LogP contribution in [0.1, 0.15) is 46.7 Å². The molecule has 0 aliphatic carbocycles. The molecule has 1 aromatic rings. The Morgan fingerprint density at radius 3 is 2.52 bits per heavy atom. The van der Waals surface area contributed by atoms with E-state index in [2.05, 4.69) is 20.7 Å². The van der Waals surface area contributed by atoms with Crippen LogP contribution in [0.15, 0.2) is 17.3 Å². The maximum atomic E-state index is 12.3. The van der Waals surface area contributed by atoms with Crippen LogP contribution in [0.2, 0.25) is 0 Å². The predicted octanol–water partition coefficient (Wildman–Crippen LogP) is 2.74. The Balaban J connectivity index is 0.00000676. The zero-order valence-corrected chi connectivity index (χ0v) is 19.9. The average molecular weight is 494 g/mol. The average Bonchev–Trinajstić information content (AvgIpc) is 2.93. The Morgan fingerprint density at radius 2 is 2.04 bits per heavy atom. The van der Waals surface area contributed by atoms with Gasteiger partial charge in [-0.05, 0) is 47.1 Å². The van der Waals surface area contributed by atoms with Crippen molar-refractivity contribution < 1.29 is 9.53 Å². The minimum atomic E-state index is -0.486. The summed E-state index contributed by atoms with van der Waals surface area (Å²) in [4.78, 5) is 18.3. The highest BCUT2D eigenvalue weighted by atomic mass is 127. The molecule has 0 saturated heterocycles. The lowest BCUT2D eigenvalue weighted by Gasteiger charge is -2.30. The van der Waals surface area contributed by atoms with Gasteiger partial charge in [0.1, 0.15) is 5.60 Å². The van der Waals surface area contributed by atoms with Crippen LogP contribution in [-0.2, 0) is 18.3 Å². The van der Waals surface area contributed by atoms with Crippen molar-refractivity contribution in [3.63, 3.8) is 0 Å². The van der Waals surface area contributed by atoms with E-state index >= 15 is 0 Å². The van der Waals surface area contributed by atoms with Gasteiger partial charge in [-0.25, -0.2) is 4.79 Å². The lowest BCUT2D eigenvalue weighted by molar-refractivity contribution is 0.0190. The summed E-state index contributed by atoms with van der Waals surface area (Å²) in [5.41, 5.74) is 0.587. The monoisotopic (exact) mass is 494 g/mol. The van der Waals surface area contributed by atoms with Gasteiger partial charge in [0.15, 0.2) is 5.96 Å². The molecule has 0 unspecified atom stereocenters. The summed E-state index contributed by atoms with van der Waals surface area (Å²) in [5.74, 6) is 0.722. The molecule has 0 spiro atoms. The molecular formula is C18H35IN6O2. The summed E-state index contributed by atoms with van der Waals surface area (Å²) in [6.07, 6.45) is 2.29. The summed E-state index contributed by atoms with van der Waals surface area (Å²) in [6.45, 7) is 11.6. The number of amides is 1. The van der Waals surface area contributed by atoms with Crippen LogP contribution in [0.3, 0.4) is 0 Å². The number of nitrogens with zero attached hydrogens (tertiary/aromatic N) is 4. The number of carbonyl (C=O) groups excluding carboxylic acids is 1. The third-order valence-corrected chi connectivity index (χ3v) is 3.70. The van der Waals surface area contributed by atoms with Crippen molar-refractivity contribution in [3.8, 4) is 0 Å². The van der Waals surface area contributed by atoms with Gasteiger partial charge in [0, 0.05) is 39.4 Å². The van der Waals surface area contributed by atoms with E-state index in [4.69, 9.17) is 4.74 Å². The minimum absolute atomic E-state index is 0. The van der Waals surface area contributed by atoms with Crippen molar-refractivity contribution >= 4 is 36.0 Å². The van der Waals surface area contributed by atoms with Gasteiger partial charge >= 0.3 is 6.09 Å². The third kappa shape index (κ3) is 9.83. The van der Waals surface area contributed by atoms with Gasteiger partial charge in [0.05, 0.1) is 12.2 Å². The van der Waals surface area contributed by atoms with Crippen LogP contribution in [-0.4, -0.2) is 58.5 Å². The van der Waals surface area contributed by atoms with E-state index in [1.165, 1.54) is 0 Å². The molecule has 27 heavy (non-hydrogen) atoms. The first-order chi connectivity index (χ1) is 12.1. The fraction of sp³-hybridized carbons (Fsp3) is 0.722. The van der Waals surface area contributed by atoms with Crippen molar-refractivity contribution in [2.24, 2.45) is 12.0 Å². The number of hydrogen-bond acceptors (Lipinski definition) is 4. The SMILES string of the molecule is CN=C(NCCCN(C(=O)OC(C)(C)C)C(C)C)NCc1ccnn1C.I. The molecule has 0 aliphatic heterocycles. The second kappa shape index (κ2) is 12.0. The summed E-state index contributed by atoms with van der Waals surface area (Å²) >= 11 is 0. The molecule has 1 aromatic heterocycles. The van der Waals surface area contributed by atoms with Gasteiger partial charge in [-0.2, -0.15) is 5.10 Å². The molecule has 0 saturated carbocycles. The Labute approximate surface area is 180 Å². The number of guanidine groups is 1. The quantitative estimate of drug-likeness (QED) is 0.264. The number of aromatic nitrogens is 2. The Hall–Kier alpha value is -1.52. The smallest absolute Gasteiger partial charge is 0.410 e. The van der Waals surface area contributed by atoms with E-state index < -0.39 is 5.60 Å². The van der Waals surface area contributed by atoms with E-state index in [-0.39, 0.29) is 36.1 Å². The van der Waals surface area contributed by atoms with Crippen molar-refractivity contribution in [3.05, 3.63) is 18.0 Å². The fourth-order valence-electron chi connectivity index (χ4n) is 2.31. The molecule has 1 rings (SSSR count). The van der Waals surface area contributed by atoms with Gasteiger partial charge in [-0.3, -0.25) is 9.67 Å². The van der Waals surface area contributed by atoms with Gasteiger partial charge in [-0.15, -0.1) is 24.0 Å². The number of nitrogens with one attached hydrogen (secondary N) is 2. The molecule has 8 nitrogen and oxygen atoms in total. The number of hydrogen-bond donors (Lipinski definition) is 2. The topological polar surface area (TPSA) is 83.8 Å². The number of aryl methyl sites for hydroxylation is 1. The first-order valence-electron chi connectivity index (χ1n) is 9.05. The zero-order valence-electron chi connectivity index (χ0n) is 17.6. The van der Waals surface area contributed by atoms with Crippen LogP contribution in [0.5, 0.6) is 0 Å². The molecule has 9 heteroatoms. The number of halogens is 1. The Morgan fingerprint density at radius 1 is 1.37 bits per heavy atom. The highest BCUT2D eigenvalue weighted by Crippen LogP contribution is 2.12. The van der Waals surface area contributed by atoms with Crippen molar-refractivity contribution in [1.29, 1.82) is 0 Å². The molecule has 156 valence electrons. The lowest BCUT2D eigenvalue weighted by atomic mass is 10.2. The minimum Gasteiger partial charge on any atom is -0.444 e. The summed E-state index contributed by atoms with van der Waals surface area (Å²) < 4.78 is 7.29. The van der Waals surface area contributed by atoms with Gasteiger partial charge in [0.2, 0.25) is 0 Å². The Bertz CT molecular complexity index is 595. The van der Waals surface area contributed by atoms with Crippen LogP contribution < -0.4 is 10.6 Å². The van der Waals surface area contributed by atoms with E-state index in [0.29, 0.717) is 19.6 Å². The second-order valence-electron chi connectivity index (χ2n) is 7.42. The largest absolute Gasteiger partial charge is 0.444 e. The molecule has 0 aromatic carbocycles.